The lowest BCUT2D eigenvalue weighted by Crippen LogP contribution is -2.55. The summed E-state index contributed by atoms with van der Waals surface area (Å²) in [6.07, 6.45) is 9.61. The Hall–Kier alpha value is -1.85. The third-order valence-corrected chi connectivity index (χ3v) is 6.50. The van der Waals surface area contributed by atoms with Crippen LogP contribution in [-0.2, 0) is 16.6 Å². The second-order valence-corrected chi connectivity index (χ2v) is 8.64. The Labute approximate surface area is 156 Å². The molecule has 144 valence electrons. The fourth-order valence-electron chi connectivity index (χ4n) is 4.21. The van der Waals surface area contributed by atoms with Crippen molar-refractivity contribution in [1.29, 1.82) is 0 Å². The average molecular weight is 361 g/mol. The van der Waals surface area contributed by atoms with E-state index in [1.54, 1.807) is 10.9 Å². The van der Waals surface area contributed by atoms with E-state index in [0.717, 1.165) is 44.1 Å². The van der Waals surface area contributed by atoms with Gasteiger partial charge in [-0.1, -0.05) is 26.7 Å². The Bertz CT molecular complexity index is 669. The van der Waals surface area contributed by atoms with Crippen LogP contribution in [0.25, 0.3) is 0 Å². The van der Waals surface area contributed by atoms with Gasteiger partial charge in [0.15, 0.2) is 0 Å². The van der Waals surface area contributed by atoms with Crippen molar-refractivity contribution in [2.24, 2.45) is 18.4 Å². The number of carbonyl (C=O) groups is 2. The summed E-state index contributed by atoms with van der Waals surface area (Å²) in [5.74, 6) is 0.289. The number of carbonyl (C=O) groups excluding carboxylic acids is 2. The first-order chi connectivity index (χ1) is 12.3. The molecule has 0 spiro atoms. The van der Waals surface area contributed by atoms with E-state index in [1.165, 1.54) is 0 Å². The molecule has 2 aliphatic carbocycles. The first kappa shape index (κ1) is 18.9. The molecular formula is C20H32N4O2. The molecule has 2 fully saturated rings. The maximum atomic E-state index is 12.8. The number of aryl methyl sites for hydroxylation is 1. The lowest BCUT2D eigenvalue weighted by Gasteiger charge is -2.33. The minimum absolute atomic E-state index is 0.0131. The van der Waals surface area contributed by atoms with Crippen LogP contribution in [0, 0.1) is 11.3 Å². The van der Waals surface area contributed by atoms with Crippen LogP contribution in [0.4, 0.5) is 0 Å². The van der Waals surface area contributed by atoms with Crippen LogP contribution < -0.4 is 10.6 Å². The Morgan fingerprint density at radius 2 is 1.85 bits per heavy atom. The van der Waals surface area contributed by atoms with E-state index in [1.807, 2.05) is 20.2 Å². The van der Waals surface area contributed by atoms with Crippen molar-refractivity contribution in [3.8, 4) is 0 Å². The highest BCUT2D eigenvalue weighted by Crippen LogP contribution is 2.52. The van der Waals surface area contributed by atoms with Crippen LogP contribution in [-0.4, -0.2) is 33.7 Å². The van der Waals surface area contributed by atoms with E-state index >= 15 is 0 Å². The molecule has 1 heterocycles. The zero-order chi connectivity index (χ0) is 18.9. The van der Waals surface area contributed by atoms with Gasteiger partial charge in [-0.2, -0.15) is 5.10 Å². The van der Waals surface area contributed by atoms with Crippen molar-refractivity contribution in [2.45, 2.75) is 70.8 Å². The largest absolute Gasteiger partial charge is 0.353 e. The molecule has 2 aliphatic rings. The monoisotopic (exact) mass is 360 g/mol. The summed E-state index contributed by atoms with van der Waals surface area (Å²) in [4.78, 5) is 25.5. The maximum absolute atomic E-state index is 12.8. The van der Waals surface area contributed by atoms with Crippen molar-refractivity contribution in [2.75, 3.05) is 6.54 Å². The van der Waals surface area contributed by atoms with Crippen LogP contribution in [0.15, 0.2) is 12.4 Å². The first-order valence-electron chi connectivity index (χ1n) is 9.87. The van der Waals surface area contributed by atoms with E-state index in [0.29, 0.717) is 12.5 Å². The summed E-state index contributed by atoms with van der Waals surface area (Å²) in [6, 6.07) is 0. The predicted molar refractivity (Wildman–Crippen MR) is 100 cm³/mol. The smallest absolute Gasteiger partial charge is 0.227 e. The van der Waals surface area contributed by atoms with E-state index in [9.17, 15) is 9.59 Å². The normalized spacial score (nSPS) is 21.4. The molecule has 0 aliphatic heterocycles. The second kappa shape index (κ2) is 7.05. The van der Waals surface area contributed by atoms with Gasteiger partial charge >= 0.3 is 0 Å². The molecule has 6 nitrogen and oxygen atoms in total. The Balaban J connectivity index is 1.62. The highest BCUT2D eigenvalue weighted by molar-refractivity contribution is 5.86. The topological polar surface area (TPSA) is 76.0 Å². The number of hydrogen-bond donors (Lipinski definition) is 2. The minimum atomic E-state index is -0.309. The van der Waals surface area contributed by atoms with Crippen molar-refractivity contribution < 1.29 is 9.59 Å². The van der Waals surface area contributed by atoms with Crippen LogP contribution in [0.3, 0.4) is 0 Å². The molecule has 1 aromatic rings. The summed E-state index contributed by atoms with van der Waals surface area (Å²) < 4.78 is 1.71. The van der Waals surface area contributed by atoms with Crippen molar-refractivity contribution in [1.82, 2.24) is 20.4 Å². The standard InChI is InChI=1S/C20H32N4O2/c1-14(2)20(9-10-20)18(26)21-13-19(7-5-6-8-19)23-17(25)15(3)16-11-22-24(4)12-16/h11-12,14-15H,5-10,13H2,1-4H3,(H,21,26)(H,23,25). The van der Waals surface area contributed by atoms with Crippen molar-refractivity contribution in [3.05, 3.63) is 18.0 Å². The van der Waals surface area contributed by atoms with Gasteiger partial charge in [0.1, 0.15) is 0 Å². The SMILES string of the molecule is CC(C(=O)NC1(CNC(=O)C2(C(C)C)CC2)CCCC1)c1cnn(C)c1. The van der Waals surface area contributed by atoms with Gasteiger partial charge < -0.3 is 10.6 Å². The van der Waals surface area contributed by atoms with Gasteiger partial charge in [0.2, 0.25) is 11.8 Å². The molecule has 1 unspecified atom stereocenters. The van der Waals surface area contributed by atoms with Crippen LogP contribution in [0.2, 0.25) is 0 Å². The van der Waals surface area contributed by atoms with Gasteiger partial charge in [-0.25, -0.2) is 0 Å². The molecule has 3 rings (SSSR count). The van der Waals surface area contributed by atoms with Gasteiger partial charge in [0.05, 0.1) is 23.1 Å². The molecule has 2 amide bonds. The zero-order valence-corrected chi connectivity index (χ0v) is 16.5. The molecular weight excluding hydrogens is 328 g/mol. The highest BCUT2D eigenvalue weighted by atomic mass is 16.2. The minimum Gasteiger partial charge on any atom is -0.353 e. The molecule has 0 saturated heterocycles. The highest BCUT2D eigenvalue weighted by Gasteiger charge is 2.52. The Morgan fingerprint density at radius 3 is 2.35 bits per heavy atom. The Kier molecular flexibility index (Phi) is 5.13. The van der Waals surface area contributed by atoms with E-state index in [4.69, 9.17) is 0 Å². The number of nitrogens with one attached hydrogen (secondary N) is 2. The number of nitrogens with zero attached hydrogens (tertiary/aromatic N) is 2. The molecule has 26 heavy (non-hydrogen) atoms. The third-order valence-electron chi connectivity index (χ3n) is 6.50. The van der Waals surface area contributed by atoms with E-state index in [2.05, 4.69) is 29.6 Å². The summed E-state index contributed by atoms with van der Waals surface area (Å²) in [5, 5.41) is 10.6. The van der Waals surface area contributed by atoms with Gasteiger partial charge in [0, 0.05) is 25.4 Å². The summed E-state index contributed by atoms with van der Waals surface area (Å²) in [6.45, 7) is 6.68. The number of amides is 2. The molecule has 0 radical (unpaired) electrons. The number of aromatic nitrogens is 2. The average Bonchev–Trinajstić information content (AvgIpc) is 3.12. The summed E-state index contributed by atoms with van der Waals surface area (Å²) in [5.41, 5.74) is 0.433. The van der Waals surface area contributed by atoms with Gasteiger partial charge in [-0.15, -0.1) is 0 Å². The van der Waals surface area contributed by atoms with E-state index in [-0.39, 0.29) is 28.7 Å². The van der Waals surface area contributed by atoms with Crippen LogP contribution in [0.5, 0.6) is 0 Å². The van der Waals surface area contributed by atoms with Crippen LogP contribution in [0.1, 0.15) is 70.8 Å². The molecule has 2 saturated carbocycles. The Morgan fingerprint density at radius 1 is 1.19 bits per heavy atom. The summed E-state index contributed by atoms with van der Waals surface area (Å²) in [7, 11) is 1.85. The number of rotatable bonds is 7. The van der Waals surface area contributed by atoms with Crippen LogP contribution >= 0.6 is 0 Å². The molecule has 0 bridgehead atoms. The molecule has 2 N–H and O–H groups in total. The number of hydrogen-bond acceptors (Lipinski definition) is 3. The van der Waals surface area contributed by atoms with Gasteiger partial charge in [-0.3, -0.25) is 14.3 Å². The molecule has 1 aromatic heterocycles. The second-order valence-electron chi connectivity index (χ2n) is 8.64. The molecule has 0 aromatic carbocycles. The lowest BCUT2D eigenvalue weighted by atomic mass is 9.90. The van der Waals surface area contributed by atoms with Gasteiger partial charge in [0.25, 0.3) is 0 Å². The first-order valence-corrected chi connectivity index (χ1v) is 9.87. The fourth-order valence-corrected chi connectivity index (χ4v) is 4.21. The predicted octanol–water partition coefficient (Wildman–Crippen LogP) is 2.50. The van der Waals surface area contributed by atoms with Crippen molar-refractivity contribution >= 4 is 11.8 Å². The van der Waals surface area contributed by atoms with Gasteiger partial charge in [-0.05, 0) is 38.5 Å². The van der Waals surface area contributed by atoms with E-state index < -0.39 is 0 Å². The third kappa shape index (κ3) is 3.64. The maximum Gasteiger partial charge on any atom is 0.227 e. The fraction of sp³-hybridized carbons (Fsp3) is 0.750. The zero-order valence-electron chi connectivity index (χ0n) is 16.5. The molecule has 6 heteroatoms. The quantitative estimate of drug-likeness (QED) is 0.784. The van der Waals surface area contributed by atoms with Crippen molar-refractivity contribution in [3.63, 3.8) is 0 Å². The lowest BCUT2D eigenvalue weighted by molar-refractivity contribution is -0.129. The summed E-state index contributed by atoms with van der Waals surface area (Å²) >= 11 is 0. The molecule has 1 atom stereocenters.